The van der Waals surface area contributed by atoms with Crippen LogP contribution < -0.4 is 0 Å². The quantitative estimate of drug-likeness (QED) is 0.734. The predicted octanol–water partition coefficient (Wildman–Crippen LogP) is 2.91. The second kappa shape index (κ2) is 4.74. The summed E-state index contributed by atoms with van der Waals surface area (Å²) in [5, 5.41) is 0.230. The van der Waals surface area contributed by atoms with Crippen molar-refractivity contribution in [1.29, 1.82) is 0 Å². The molecular formula is C13H26O2Si2. The molecule has 0 bridgehead atoms. The number of allylic oxidation sites excluding steroid dienone is 2. The highest BCUT2D eigenvalue weighted by Crippen LogP contribution is 2.40. The van der Waals surface area contributed by atoms with E-state index in [2.05, 4.69) is 53.8 Å². The van der Waals surface area contributed by atoms with Crippen LogP contribution in [0.3, 0.4) is 0 Å². The minimum absolute atomic E-state index is 0.0794. The molecular weight excluding hydrogens is 244 g/mol. The first-order valence-corrected chi connectivity index (χ1v) is 9.93. The van der Waals surface area contributed by atoms with Crippen LogP contribution in [0.25, 0.3) is 0 Å². The van der Waals surface area contributed by atoms with Crippen LogP contribution in [0.2, 0.25) is 18.1 Å². The molecule has 1 aliphatic rings. The van der Waals surface area contributed by atoms with Crippen molar-refractivity contribution in [3.63, 3.8) is 0 Å². The molecule has 0 fully saturated rings. The maximum atomic E-state index is 6.36. The van der Waals surface area contributed by atoms with Gasteiger partial charge < -0.3 is 8.85 Å². The first-order chi connectivity index (χ1) is 7.60. The molecule has 1 unspecified atom stereocenters. The summed E-state index contributed by atoms with van der Waals surface area (Å²) in [6.07, 6.45) is 2.23. The summed E-state index contributed by atoms with van der Waals surface area (Å²) in [6.45, 7) is 15.6. The molecule has 0 aromatic heterocycles. The van der Waals surface area contributed by atoms with Crippen molar-refractivity contribution < 1.29 is 8.85 Å². The number of rotatable bonds is 3. The number of hydrogen-bond acceptors (Lipinski definition) is 2. The van der Waals surface area contributed by atoms with E-state index in [-0.39, 0.29) is 11.1 Å². The SMILES string of the molecule is CC1=C(C)C(O[SiH3])C(O[Si](C)(C)C(C)(C)C)=C1. The Morgan fingerprint density at radius 3 is 2.18 bits per heavy atom. The molecule has 0 heterocycles. The van der Waals surface area contributed by atoms with Crippen molar-refractivity contribution in [3.8, 4) is 0 Å². The molecule has 17 heavy (non-hydrogen) atoms. The fraction of sp³-hybridized carbons (Fsp3) is 0.692. The lowest BCUT2D eigenvalue weighted by molar-refractivity contribution is 0.225. The molecule has 1 aliphatic carbocycles. The smallest absolute Gasteiger partial charge is 0.250 e. The average Bonchev–Trinajstić information content (AvgIpc) is 2.39. The summed E-state index contributed by atoms with van der Waals surface area (Å²) in [5.74, 6) is 1.03. The van der Waals surface area contributed by atoms with Crippen molar-refractivity contribution in [2.24, 2.45) is 0 Å². The Hall–Kier alpha value is -0.326. The van der Waals surface area contributed by atoms with Crippen LogP contribution >= 0.6 is 0 Å². The van der Waals surface area contributed by atoms with Crippen molar-refractivity contribution >= 4 is 18.8 Å². The summed E-state index contributed by atoms with van der Waals surface area (Å²) in [7, 11) is -1.01. The fourth-order valence-corrected chi connectivity index (χ4v) is 3.29. The van der Waals surface area contributed by atoms with Crippen LogP contribution in [0, 0.1) is 0 Å². The van der Waals surface area contributed by atoms with E-state index in [1.165, 1.54) is 11.1 Å². The van der Waals surface area contributed by atoms with Gasteiger partial charge in [-0.1, -0.05) is 20.8 Å². The minimum Gasteiger partial charge on any atom is -0.544 e. The lowest BCUT2D eigenvalue weighted by atomic mass is 10.2. The van der Waals surface area contributed by atoms with E-state index in [0.29, 0.717) is 0 Å². The summed E-state index contributed by atoms with van der Waals surface area (Å²) >= 11 is 0. The monoisotopic (exact) mass is 270 g/mol. The Labute approximate surface area is 110 Å². The summed E-state index contributed by atoms with van der Waals surface area (Å²) < 4.78 is 12.0. The van der Waals surface area contributed by atoms with Crippen molar-refractivity contribution in [3.05, 3.63) is 23.0 Å². The Morgan fingerprint density at radius 2 is 1.76 bits per heavy atom. The van der Waals surface area contributed by atoms with Crippen LogP contribution in [-0.4, -0.2) is 24.9 Å². The molecule has 0 aliphatic heterocycles. The maximum Gasteiger partial charge on any atom is 0.250 e. The third-order valence-corrected chi connectivity index (χ3v) is 8.88. The van der Waals surface area contributed by atoms with Crippen molar-refractivity contribution in [2.75, 3.05) is 0 Å². The lowest BCUT2D eigenvalue weighted by Crippen LogP contribution is -2.41. The third kappa shape index (κ3) is 2.92. The van der Waals surface area contributed by atoms with E-state index in [1.807, 2.05) is 0 Å². The highest BCUT2D eigenvalue weighted by molar-refractivity contribution is 6.74. The minimum atomic E-state index is -1.75. The van der Waals surface area contributed by atoms with Crippen LogP contribution in [-0.2, 0) is 8.85 Å². The van der Waals surface area contributed by atoms with E-state index in [0.717, 1.165) is 16.2 Å². The maximum absolute atomic E-state index is 6.36. The fourth-order valence-electron chi connectivity index (χ4n) is 1.65. The molecule has 2 nitrogen and oxygen atoms in total. The third-order valence-electron chi connectivity index (χ3n) is 4.05. The Morgan fingerprint density at radius 1 is 1.24 bits per heavy atom. The van der Waals surface area contributed by atoms with Gasteiger partial charge in [0.15, 0.2) is 0 Å². The van der Waals surface area contributed by atoms with Gasteiger partial charge in [-0.15, -0.1) is 0 Å². The second-order valence-corrected chi connectivity index (χ2v) is 11.6. The van der Waals surface area contributed by atoms with Gasteiger partial charge in [0.05, 0.1) is 0 Å². The van der Waals surface area contributed by atoms with E-state index < -0.39 is 8.32 Å². The lowest BCUT2D eigenvalue weighted by Gasteiger charge is -2.38. The van der Waals surface area contributed by atoms with Gasteiger partial charge in [-0.05, 0) is 49.2 Å². The van der Waals surface area contributed by atoms with E-state index >= 15 is 0 Å². The molecule has 0 aromatic rings. The standard InChI is InChI=1S/C13H26O2Si2/c1-9-8-11(12(14-16)10(9)2)15-17(6,7)13(3,4)5/h8,12H,1-7,16H3. The average molecular weight is 271 g/mol. The summed E-state index contributed by atoms with van der Waals surface area (Å²) in [4.78, 5) is 0. The van der Waals surface area contributed by atoms with Crippen LogP contribution in [0.1, 0.15) is 34.6 Å². The Balaban J connectivity index is 2.89. The molecule has 98 valence electrons. The zero-order chi connectivity index (χ0) is 13.4. The summed E-state index contributed by atoms with van der Waals surface area (Å²) in [5.41, 5.74) is 2.59. The van der Waals surface area contributed by atoms with Crippen molar-refractivity contribution in [1.82, 2.24) is 0 Å². The molecule has 0 N–H and O–H groups in total. The Bertz CT molecular complexity index is 362. The van der Waals surface area contributed by atoms with Crippen LogP contribution in [0.5, 0.6) is 0 Å². The number of hydrogen-bond donors (Lipinski definition) is 0. The molecule has 4 heteroatoms. The van der Waals surface area contributed by atoms with Gasteiger partial charge in [-0.2, -0.15) is 0 Å². The van der Waals surface area contributed by atoms with Gasteiger partial charge in [0.25, 0.3) is 0 Å². The van der Waals surface area contributed by atoms with Gasteiger partial charge >= 0.3 is 0 Å². The molecule has 0 radical (unpaired) electrons. The first kappa shape index (κ1) is 14.7. The normalized spacial score (nSPS) is 22.1. The molecule has 0 amide bonds. The van der Waals surface area contributed by atoms with Gasteiger partial charge in [0.2, 0.25) is 8.32 Å². The first-order valence-electron chi connectivity index (χ1n) is 6.21. The van der Waals surface area contributed by atoms with Gasteiger partial charge in [0, 0.05) is 0 Å². The second-order valence-electron chi connectivity index (χ2n) is 6.39. The van der Waals surface area contributed by atoms with Gasteiger partial charge in [-0.25, -0.2) is 0 Å². The highest BCUT2D eigenvalue weighted by atomic mass is 28.4. The largest absolute Gasteiger partial charge is 0.544 e. The van der Waals surface area contributed by atoms with E-state index in [1.54, 1.807) is 0 Å². The zero-order valence-corrected chi connectivity index (χ0v) is 15.5. The molecule has 0 spiro atoms. The predicted molar refractivity (Wildman–Crippen MR) is 79.6 cm³/mol. The molecule has 0 saturated heterocycles. The molecule has 0 aromatic carbocycles. The van der Waals surface area contributed by atoms with Gasteiger partial charge in [-0.3, -0.25) is 0 Å². The van der Waals surface area contributed by atoms with E-state index in [4.69, 9.17) is 8.85 Å². The highest BCUT2D eigenvalue weighted by Gasteiger charge is 2.41. The summed E-state index contributed by atoms with van der Waals surface area (Å²) in [6, 6.07) is 0. The molecule has 1 rings (SSSR count). The van der Waals surface area contributed by atoms with Crippen molar-refractivity contribution in [2.45, 2.75) is 58.9 Å². The molecule has 1 atom stereocenters. The molecule has 0 saturated carbocycles. The zero-order valence-electron chi connectivity index (χ0n) is 12.5. The Kier molecular flexibility index (Phi) is 4.11. The topological polar surface area (TPSA) is 18.5 Å². The van der Waals surface area contributed by atoms with Crippen LogP contribution in [0.15, 0.2) is 23.0 Å². The van der Waals surface area contributed by atoms with Crippen LogP contribution in [0.4, 0.5) is 0 Å². The van der Waals surface area contributed by atoms with Gasteiger partial charge in [0.1, 0.15) is 22.3 Å². The van der Waals surface area contributed by atoms with E-state index in [9.17, 15) is 0 Å².